The van der Waals surface area contributed by atoms with Crippen molar-refractivity contribution in [3.63, 3.8) is 0 Å². The quantitative estimate of drug-likeness (QED) is 0.792. The maximum Gasteiger partial charge on any atom is 0.226 e. The third kappa shape index (κ3) is 2.02. The predicted octanol–water partition coefficient (Wildman–Crippen LogP) is 0.369. The Labute approximate surface area is 107 Å². The number of β-amino-alcohol motifs (C(OH)–C–C–N with tert-alkyl or cyclic N) is 1. The number of nitrogens with one attached hydrogen (secondary N) is 1. The molecule has 2 fully saturated rings. The van der Waals surface area contributed by atoms with Crippen molar-refractivity contribution < 1.29 is 9.90 Å². The Morgan fingerprint density at radius 3 is 2.94 bits per heavy atom. The Morgan fingerprint density at radius 1 is 1.39 bits per heavy atom. The molecule has 0 saturated carbocycles. The monoisotopic (exact) mass is 246 g/mol. The van der Waals surface area contributed by atoms with Crippen LogP contribution in [0.4, 0.5) is 0 Å². The number of carbonyl (C=O) groups excluding carboxylic acids is 1. The Morgan fingerprint density at radius 2 is 2.17 bits per heavy atom. The van der Waals surface area contributed by atoms with Gasteiger partial charge in [-0.25, -0.2) is 0 Å². The van der Waals surface area contributed by atoms with Gasteiger partial charge in [0.15, 0.2) is 0 Å². The minimum Gasteiger partial charge on any atom is -0.386 e. The van der Waals surface area contributed by atoms with Crippen molar-refractivity contribution in [3.8, 4) is 0 Å². The van der Waals surface area contributed by atoms with Crippen LogP contribution in [-0.4, -0.2) is 41.1 Å². The van der Waals surface area contributed by atoms with Crippen LogP contribution in [-0.2, 0) is 11.3 Å². The molecule has 2 heterocycles. The van der Waals surface area contributed by atoms with Gasteiger partial charge in [0.05, 0.1) is 5.92 Å². The summed E-state index contributed by atoms with van der Waals surface area (Å²) >= 11 is 0. The lowest BCUT2D eigenvalue weighted by Crippen LogP contribution is -2.53. The van der Waals surface area contributed by atoms with Crippen molar-refractivity contribution in [2.24, 2.45) is 5.92 Å². The SMILES string of the molecule is O=C1NC[C@@]2(O)CN(Cc3ccccc3)CC[C@@H]12. The van der Waals surface area contributed by atoms with Gasteiger partial charge in [0.25, 0.3) is 0 Å². The first-order valence-electron chi connectivity index (χ1n) is 6.44. The summed E-state index contributed by atoms with van der Waals surface area (Å²) in [6, 6.07) is 10.2. The summed E-state index contributed by atoms with van der Waals surface area (Å²) < 4.78 is 0. The van der Waals surface area contributed by atoms with Gasteiger partial charge in [-0.2, -0.15) is 0 Å². The first-order chi connectivity index (χ1) is 8.67. The Bertz CT molecular complexity index is 448. The summed E-state index contributed by atoms with van der Waals surface area (Å²) in [5.41, 5.74) is 0.376. The van der Waals surface area contributed by atoms with Gasteiger partial charge in [0.2, 0.25) is 5.91 Å². The van der Waals surface area contributed by atoms with Crippen molar-refractivity contribution in [3.05, 3.63) is 35.9 Å². The number of likely N-dealkylation sites (tertiary alicyclic amines) is 1. The van der Waals surface area contributed by atoms with Crippen molar-refractivity contribution >= 4 is 5.91 Å². The molecular weight excluding hydrogens is 228 g/mol. The van der Waals surface area contributed by atoms with Gasteiger partial charge >= 0.3 is 0 Å². The number of aliphatic hydroxyl groups is 1. The third-order valence-corrected chi connectivity index (χ3v) is 4.01. The highest BCUT2D eigenvalue weighted by atomic mass is 16.3. The van der Waals surface area contributed by atoms with Crippen LogP contribution in [0.15, 0.2) is 30.3 Å². The van der Waals surface area contributed by atoms with Crippen LogP contribution in [0, 0.1) is 5.92 Å². The third-order valence-electron chi connectivity index (χ3n) is 4.01. The van der Waals surface area contributed by atoms with Crippen LogP contribution in [0.3, 0.4) is 0 Å². The molecular formula is C14H18N2O2. The first kappa shape index (κ1) is 11.7. The predicted molar refractivity (Wildman–Crippen MR) is 67.8 cm³/mol. The number of hydrogen-bond donors (Lipinski definition) is 2. The standard InChI is InChI=1S/C14H18N2O2/c17-13-12-6-7-16(10-14(12,18)9-15-13)8-11-4-2-1-3-5-11/h1-5,12,18H,6-10H2,(H,15,17)/t12-,14+/m0/s1. The van der Waals surface area contributed by atoms with Gasteiger partial charge in [-0.05, 0) is 18.5 Å². The molecule has 2 saturated heterocycles. The van der Waals surface area contributed by atoms with E-state index in [1.165, 1.54) is 5.56 Å². The van der Waals surface area contributed by atoms with Crippen LogP contribution < -0.4 is 5.32 Å². The number of benzene rings is 1. The molecule has 2 N–H and O–H groups in total. The van der Waals surface area contributed by atoms with Crippen LogP contribution in [0.25, 0.3) is 0 Å². The second-order valence-electron chi connectivity index (χ2n) is 5.36. The number of fused-ring (bicyclic) bond motifs is 1. The molecule has 3 rings (SSSR count). The summed E-state index contributed by atoms with van der Waals surface area (Å²) in [4.78, 5) is 13.8. The van der Waals surface area contributed by atoms with E-state index < -0.39 is 5.60 Å². The fraction of sp³-hybridized carbons (Fsp3) is 0.500. The zero-order chi connectivity index (χ0) is 12.6. The maximum absolute atomic E-state index is 11.6. The van der Waals surface area contributed by atoms with Crippen molar-refractivity contribution in [2.75, 3.05) is 19.6 Å². The molecule has 96 valence electrons. The highest BCUT2D eigenvalue weighted by molar-refractivity contribution is 5.82. The Hall–Kier alpha value is -1.39. The largest absolute Gasteiger partial charge is 0.386 e. The van der Waals surface area contributed by atoms with E-state index >= 15 is 0 Å². The highest BCUT2D eigenvalue weighted by Crippen LogP contribution is 2.32. The molecule has 0 aliphatic carbocycles. The van der Waals surface area contributed by atoms with E-state index in [1.54, 1.807) is 0 Å². The second kappa shape index (κ2) is 4.37. The fourth-order valence-corrected chi connectivity index (χ4v) is 3.05. The van der Waals surface area contributed by atoms with E-state index in [1.807, 2.05) is 18.2 Å². The lowest BCUT2D eigenvalue weighted by atomic mass is 9.83. The first-order valence-corrected chi connectivity index (χ1v) is 6.44. The Balaban J connectivity index is 1.69. The molecule has 1 amide bonds. The van der Waals surface area contributed by atoms with Crippen LogP contribution in [0.5, 0.6) is 0 Å². The summed E-state index contributed by atoms with van der Waals surface area (Å²) in [6.07, 6.45) is 0.745. The maximum atomic E-state index is 11.6. The van der Waals surface area contributed by atoms with E-state index in [9.17, 15) is 9.90 Å². The fourth-order valence-electron chi connectivity index (χ4n) is 3.05. The van der Waals surface area contributed by atoms with E-state index in [-0.39, 0.29) is 11.8 Å². The van der Waals surface area contributed by atoms with Crippen LogP contribution in [0.1, 0.15) is 12.0 Å². The molecule has 4 heteroatoms. The normalized spacial score (nSPS) is 32.1. The number of piperidine rings is 1. The zero-order valence-corrected chi connectivity index (χ0v) is 10.3. The van der Waals surface area contributed by atoms with Gasteiger partial charge in [0.1, 0.15) is 5.60 Å². The molecule has 4 nitrogen and oxygen atoms in total. The molecule has 2 atom stereocenters. The van der Waals surface area contributed by atoms with Crippen LogP contribution in [0.2, 0.25) is 0 Å². The topological polar surface area (TPSA) is 52.6 Å². The van der Waals surface area contributed by atoms with Gasteiger partial charge in [0, 0.05) is 19.6 Å². The zero-order valence-electron chi connectivity index (χ0n) is 10.3. The van der Waals surface area contributed by atoms with Gasteiger partial charge in [-0.3, -0.25) is 9.69 Å². The second-order valence-corrected chi connectivity index (χ2v) is 5.36. The summed E-state index contributed by atoms with van der Waals surface area (Å²) in [6.45, 7) is 2.67. The number of hydrogen-bond acceptors (Lipinski definition) is 3. The van der Waals surface area contributed by atoms with Crippen LogP contribution >= 0.6 is 0 Å². The molecule has 0 aromatic heterocycles. The minimum absolute atomic E-state index is 0.0110. The molecule has 18 heavy (non-hydrogen) atoms. The summed E-state index contributed by atoms with van der Waals surface area (Å²) in [5, 5.41) is 13.3. The smallest absolute Gasteiger partial charge is 0.226 e. The molecule has 2 aliphatic rings. The molecule has 0 spiro atoms. The average Bonchev–Trinajstić information content (AvgIpc) is 2.66. The molecule has 1 aromatic rings. The molecule has 2 aliphatic heterocycles. The molecule has 0 unspecified atom stereocenters. The molecule has 0 bridgehead atoms. The van der Waals surface area contributed by atoms with Gasteiger partial charge in [-0.1, -0.05) is 30.3 Å². The van der Waals surface area contributed by atoms with E-state index in [2.05, 4.69) is 22.3 Å². The number of amides is 1. The number of rotatable bonds is 2. The minimum atomic E-state index is -0.871. The lowest BCUT2D eigenvalue weighted by molar-refractivity contribution is -0.129. The summed E-state index contributed by atoms with van der Waals surface area (Å²) in [5.74, 6) is -0.207. The van der Waals surface area contributed by atoms with Gasteiger partial charge in [-0.15, -0.1) is 0 Å². The van der Waals surface area contributed by atoms with E-state index in [0.717, 1.165) is 19.5 Å². The summed E-state index contributed by atoms with van der Waals surface area (Å²) in [7, 11) is 0. The van der Waals surface area contributed by atoms with Crippen molar-refractivity contribution in [1.29, 1.82) is 0 Å². The lowest BCUT2D eigenvalue weighted by Gasteiger charge is -2.39. The average molecular weight is 246 g/mol. The van der Waals surface area contributed by atoms with E-state index in [0.29, 0.717) is 13.1 Å². The molecule has 0 radical (unpaired) electrons. The Kier molecular flexibility index (Phi) is 2.84. The highest BCUT2D eigenvalue weighted by Gasteiger charge is 2.50. The number of carbonyl (C=O) groups is 1. The number of nitrogens with zero attached hydrogens (tertiary/aromatic N) is 1. The van der Waals surface area contributed by atoms with Crippen molar-refractivity contribution in [1.82, 2.24) is 10.2 Å². The van der Waals surface area contributed by atoms with E-state index in [4.69, 9.17) is 0 Å². The molecule has 1 aromatic carbocycles. The van der Waals surface area contributed by atoms with Gasteiger partial charge < -0.3 is 10.4 Å². The van der Waals surface area contributed by atoms with Crippen molar-refractivity contribution in [2.45, 2.75) is 18.6 Å².